The zero-order valence-corrected chi connectivity index (χ0v) is 24.9. The maximum Gasteiger partial charge on any atom is 0.264 e. The van der Waals surface area contributed by atoms with E-state index in [0.717, 1.165) is 9.87 Å². The quantitative estimate of drug-likeness (QED) is 0.287. The van der Waals surface area contributed by atoms with Gasteiger partial charge in [0.2, 0.25) is 11.8 Å². The van der Waals surface area contributed by atoms with E-state index in [-0.39, 0.29) is 39.0 Å². The number of hydrogen-bond acceptors (Lipinski definition) is 4. The third-order valence-electron chi connectivity index (χ3n) is 5.90. The maximum absolute atomic E-state index is 13.9. The number of sulfonamides is 1. The van der Waals surface area contributed by atoms with Crippen molar-refractivity contribution in [3.63, 3.8) is 0 Å². The summed E-state index contributed by atoms with van der Waals surface area (Å²) in [7, 11) is -4.24. The van der Waals surface area contributed by atoms with E-state index >= 15 is 0 Å². The molecule has 2 amide bonds. The van der Waals surface area contributed by atoms with Gasteiger partial charge >= 0.3 is 0 Å². The van der Waals surface area contributed by atoms with Crippen LogP contribution < -0.4 is 9.62 Å². The second-order valence-corrected chi connectivity index (χ2v) is 12.5. The first-order valence-electron chi connectivity index (χ1n) is 12.2. The van der Waals surface area contributed by atoms with E-state index in [1.54, 1.807) is 49.4 Å². The minimum atomic E-state index is -4.24. The zero-order chi connectivity index (χ0) is 28.7. The van der Waals surface area contributed by atoms with Crippen LogP contribution in [0.25, 0.3) is 0 Å². The molecule has 0 saturated carbocycles. The molecule has 0 aliphatic carbocycles. The number of benzene rings is 3. The largest absolute Gasteiger partial charge is 0.354 e. The van der Waals surface area contributed by atoms with E-state index in [0.29, 0.717) is 11.6 Å². The predicted molar refractivity (Wildman–Crippen MR) is 157 cm³/mol. The molecule has 1 N–H and O–H groups in total. The highest BCUT2D eigenvalue weighted by Gasteiger charge is 2.33. The minimum Gasteiger partial charge on any atom is -0.354 e. The lowest BCUT2D eigenvalue weighted by molar-refractivity contribution is -0.139. The summed E-state index contributed by atoms with van der Waals surface area (Å²) in [5, 5.41) is 3.71. The normalized spacial score (nSPS) is 12.2. The van der Waals surface area contributed by atoms with Gasteiger partial charge in [-0.1, -0.05) is 79.0 Å². The van der Waals surface area contributed by atoms with Crippen LogP contribution in [-0.4, -0.2) is 44.3 Å². The summed E-state index contributed by atoms with van der Waals surface area (Å²) in [5.41, 5.74) is 0.763. The Hall–Kier alpha value is -2.78. The fraction of sp³-hybridized carbons (Fsp3) is 0.286. The van der Waals surface area contributed by atoms with Gasteiger partial charge in [-0.05, 0) is 60.9 Å². The van der Waals surface area contributed by atoms with Gasteiger partial charge in [0, 0.05) is 23.1 Å². The second-order valence-electron chi connectivity index (χ2n) is 9.38. The predicted octanol–water partition coefficient (Wildman–Crippen LogP) is 6.03. The van der Waals surface area contributed by atoms with Crippen LogP contribution in [0.15, 0.2) is 77.7 Å². The number of anilines is 1. The number of carbonyl (C=O) groups excluding carboxylic acids is 2. The molecule has 0 aliphatic rings. The van der Waals surface area contributed by atoms with Crippen LogP contribution in [-0.2, 0) is 26.2 Å². The van der Waals surface area contributed by atoms with Crippen LogP contribution in [0.4, 0.5) is 5.69 Å². The zero-order valence-electron chi connectivity index (χ0n) is 21.8. The van der Waals surface area contributed by atoms with E-state index in [1.807, 2.05) is 13.8 Å². The Bertz CT molecular complexity index is 1400. The molecule has 0 heterocycles. The van der Waals surface area contributed by atoms with Crippen LogP contribution in [0.1, 0.15) is 26.3 Å². The van der Waals surface area contributed by atoms with Crippen molar-refractivity contribution >= 4 is 62.3 Å². The Morgan fingerprint density at radius 1 is 0.872 bits per heavy atom. The van der Waals surface area contributed by atoms with Gasteiger partial charge < -0.3 is 10.2 Å². The SMILES string of the molecule is CC(C)CNC(=O)C(C)N(Cc1ccc(Cl)cc1)C(=O)CN(c1cc(Cl)ccc1Cl)S(=O)(=O)c1ccccc1. The van der Waals surface area contributed by atoms with Gasteiger partial charge in [-0.15, -0.1) is 0 Å². The number of nitrogens with one attached hydrogen (secondary N) is 1. The number of halogens is 3. The Morgan fingerprint density at radius 3 is 2.10 bits per heavy atom. The number of rotatable bonds is 11. The molecule has 11 heteroatoms. The summed E-state index contributed by atoms with van der Waals surface area (Å²) in [5.74, 6) is -0.755. The van der Waals surface area contributed by atoms with Crippen molar-refractivity contribution < 1.29 is 18.0 Å². The van der Waals surface area contributed by atoms with Gasteiger partial charge in [-0.3, -0.25) is 13.9 Å². The third-order valence-corrected chi connectivity index (χ3v) is 8.49. The summed E-state index contributed by atoms with van der Waals surface area (Å²) in [6.45, 7) is 5.39. The Labute approximate surface area is 244 Å². The summed E-state index contributed by atoms with van der Waals surface area (Å²) in [4.78, 5) is 28.2. The van der Waals surface area contributed by atoms with Crippen LogP contribution in [0.5, 0.6) is 0 Å². The van der Waals surface area contributed by atoms with Crippen molar-refractivity contribution in [1.29, 1.82) is 0 Å². The van der Waals surface area contributed by atoms with E-state index in [1.165, 1.54) is 35.2 Å². The number of carbonyl (C=O) groups is 2. The number of nitrogens with zero attached hydrogens (tertiary/aromatic N) is 2. The Balaban J connectivity index is 2.03. The Kier molecular flexibility index (Phi) is 10.7. The molecule has 1 atom stereocenters. The van der Waals surface area contributed by atoms with E-state index in [2.05, 4.69) is 5.32 Å². The molecule has 0 bridgehead atoms. The molecular formula is C28H30Cl3N3O4S. The van der Waals surface area contributed by atoms with Crippen molar-refractivity contribution in [2.24, 2.45) is 5.92 Å². The lowest BCUT2D eigenvalue weighted by Gasteiger charge is -2.32. The van der Waals surface area contributed by atoms with E-state index < -0.39 is 28.5 Å². The molecule has 3 rings (SSSR count). The average molecular weight is 611 g/mol. The first kappa shape index (κ1) is 30.8. The lowest BCUT2D eigenvalue weighted by atomic mass is 10.1. The molecule has 0 saturated heterocycles. The highest BCUT2D eigenvalue weighted by Crippen LogP contribution is 2.33. The summed E-state index contributed by atoms with van der Waals surface area (Å²) < 4.78 is 28.5. The molecule has 3 aromatic carbocycles. The minimum absolute atomic E-state index is 0.0270. The van der Waals surface area contributed by atoms with Crippen molar-refractivity contribution in [3.05, 3.63) is 93.4 Å². The number of hydrogen-bond donors (Lipinski definition) is 1. The molecule has 0 aromatic heterocycles. The fourth-order valence-electron chi connectivity index (χ4n) is 3.73. The number of amides is 2. The van der Waals surface area contributed by atoms with Gasteiger partial charge in [-0.2, -0.15) is 0 Å². The van der Waals surface area contributed by atoms with Crippen molar-refractivity contribution in [2.45, 2.75) is 38.3 Å². The molecule has 7 nitrogen and oxygen atoms in total. The average Bonchev–Trinajstić information content (AvgIpc) is 2.91. The molecule has 208 valence electrons. The second kappa shape index (κ2) is 13.5. The van der Waals surface area contributed by atoms with Crippen molar-refractivity contribution in [1.82, 2.24) is 10.2 Å². The highest BCUT2D eigenvalue weighted by atomic mass is 35.5. The first-order valence-corrected chi connectivity index (χ1v) is 14.8. The van der Waals surface area contributed by atoms with Gasteiger partial charge in [0.15, 0.2) is 0 Å². The van der Waals surface area contributed by atoms with Crippen LogP contribution in [0.3, 0.4) is 0 Å². The van der Waals surface area contributed by atoms with Crippen molar-refractivity contribution in [3.8, 4) is 0 Å². The van der Waals surface area contributed by atoms with Crippen LogP contribution in [0, 0.1) is 5.92 Å². The standard InChI is InChI=1S/C28H30Cl3N3O4S/c1-19(2)16-32-28(36)20(3)33(17-21-9-11-22(29)12-10-21)27(35)18-34(26-15-23(30)13-14-25(26)31)39(37,38)24-7-5-4-6-8-24/h4-15,19-20H,16-18H2,1-3H3,(H,32,36). The summed E-state index contributed by atoms with van der Waals surface area (Å²) in [6, 6.07) is 18.0. The van der Waals surface area contributed by atoms with Crippen LogP contribution in [0.2, 0.25) is 15.1 Å². The molecule has 39 heavy (non-hydrogen) atoms. The summed E-state index contributed by atoms with van der Waals surface area (Å²) >= 11 is 18.6. The maximum atomic E-state index is 13.9. The van der Waals surface area contributed by atoms with Gasteiger partial charge in [0.1, 0.15) is 12.6 Å². The van der Waals surface area contributed by atoms with E-state index in [9.17, 15) is 18.0 Å². The van der Waals surface area contributed by atoms with E-state index in [4.69, 9.17) is 34.8 Å². The molecule has 0 radical (unpaired) electrons. The van der Waals surface area contributed by atoms with Gasteiger partial charge in [-0.25, -0.2) is 8.42 Å². The molecule has 3 aromatic rings. The molecule has 1 unspecified atom stereocenters. The molecule has 0 aliphatic heterocycles. The molecule has 0 spiro atoms. The highest BCUT2D eigenvalue weighted by molar-refractivity contribution is 7.92. The fourth-order valence-corrected chi connectivity index (χ4v) is 5.74. The Morgan fingerprint density at radius 2 is 1.49 bits per heavy atom. The van der Waals surface area contributed by atoms with Gasteiger partial charge in [0.05, 0.1) is 15.6 Å². The lowest BCUT2D eigenvalue weighted by Crippen LogP contribution is -2.51. The van der Waals surface area contributed by atoms with Gasteiger partial charge in [0.25, 0.3) is 10.0 Å². The smallest absolute Gasteiger partial charge is 0.264 e. The third kappa shape index (κ3) is 8.11. The summed E-state index contributed by atoms with van der Waals surface area (Å²) in [6.07, 6.45) is 0. The topological polar surface area (TPSA) is 86.8 Å². The molecular weight excluding hydrogens is 581 g/mol. The van der Waals surface area contributed by atoms with Crippen LogP contribution >= 0.6 is 34.8 Å². The van der Waals surface area contributed by atoms with Crippen molar-refractivity contribution in [2.75, 3.05) is 17.4 Å². The monoisotopic (exact) mass is 609 g/mol. The molecule has 0 fully saturated rings. The first-order chi connectivity index (χ1) is 18.4.